The van der Waals surface area contributed by atoms with E-state index in [1.54, 1.807) is 11.3 Å². The van der Waals surface area contributed by atoms with Gasteiger partial charge < -0.3 is 10.4 Å². The molecule has 0 saturated heterocycles. The number of hydrogen-bond acceptors (Lipinski definition) is 3. The molecule has 1 unspecified atom stereocenters. The van der Waals surface area contributed by atoms with Crippen LogP contribution in [0.3, 0.4) is 0 Å². The van der Waals surface area contributed by atoms with Gasteiger partial charge in [0.25, 0.3) is 0 Å². The number of aryl methyl sites for hydroxylation is 2. The fourth-order valence-corrected chi connectivity index (χ4v) is 2.69. The van der Waals surface area contributed by atoms with E-state index in [-0.39, 0.29) is 12.6 Å². The molecule has 1 aromatic carbocycles. The number of aliphatic hydroxyl groups is 1. The molecule has 0 spiro atoms. The number of thiophene rings is 1. The first-order valence-corrected chi connectivity index (χ1v) is 6.51. The fourth-order valence-electron chi connectivity index (χ4n) is 1.77. The van der Waals surface area contributed by atoms with Crippen molar-refractivity contribution in [2.24, 2.45) is 0 Å². The lowest BCUT2D eigenvalue weighted by molar-refractivity contribution is 0.277. The lowest BCUT2D eigenvalue weighted by Crippen LogP contribution is -2.14. The second-order valence-corrected chi connectivity index (χ2v) is 5.46. The van der Waals surface area contributed by atoms with E-state index in [9.17, 15) is 5.11 Å². The smallest absolute Gasteiger partial charge is 0.0837 e. The minimum Gasteiger partial charge on any atom is -0.394 e. The fraction of sp³-hybridized carbons (Fsp3) is 0.286. The summed E-state index contributed by atoms with van der Waals surface area (Å²) in [7, 11) is 0. The van der Waals surface area contributed by atoms with Crippen LogP contribution in [0.4, 0.5) is 5.69 Å². The lowest BCUT2D eigenvalue weighted by Gasteiger charge is -2.17. The molecule has 0 saturated carbocycles. The maximum absolute atomic E-state index is 9.49. The Labute approximate surface area is 106 Å². The third kappa shape index (κ3) is 2.87. The van der Waals surface area contributed by atoms with Gasteiger partial charge in [-0.25, -0.2) is 0 Å². The topological polar surface area (TPSA) is 32.3 Å². The first-order valence-electron chi connectivity index (χ1n) is 5.70. The van der Waals surface area contributed by atoms with Crippen LogP contribution in [0.25, 0.3) is 0 Å². The van der Waals surface area contributed by atoms with Crippen molar-refractivity contribution in [3.8, 4) is 0 Å². The average molecular weight is 247 g/mol. The minimum atomic E-state index is -0.0187. The van der Waals surface area contributed by atoms with Crippen molar-refractivity contribution in [3.05, 3.63) is 51.7 Å². The molecular formula is C14H17NOS. The van der Waals surface area contributed by atoms with Crippen LogP contribution in [-0.2, 0) is 0 Å². The highest BCUT2D eigenvalue weighted by Gasteiger charge is 2.12. The van der Waals surface area contributed by atoms with Crippen molar-refractivity contribution in [1.29, 1.82) is 0 Å². The molecular weight excluding hydrogens is 230 g/mol. The van der Waals surface area contributed by atoms with E-state index in [1.165, 1.54) is 15.3 Å². The monoisotopic (exact) mass is 247 g/mol. The van der Waals surface area contributed by atoms with Gasteiger partial charge in [-0.2, -0.15) is 0 Å². The third-order valence-corrected chi connectivity index (χ3v) is 3.88. The molecule has 0 bridgehead atoms. The minimum absolute atomic E-state index is 0.0187. The molecule has 17 heavy (non-hydrogen) atoms. The zero-order valence-corrected chi connectivity index (χ0v) is 10.9. The number of anilines is 1. The summed E-state index contributed by atoms with van der Waals surface area (Å²) in [6, 6.07) is 12.3. The van der Waals surface area contributed by atoms with Crippen LogP contribution in [0, 0.1) is 13.8 Å². The summed E-state index contributed by atoms with van der Waals surface area (Å²) in [5.41, 5.74) is 2.27. The Kier molecular flexibility index (Phi) is 3.82. The van der Waals surface area contributed by atoms with Crippen molar-refractivity contribution in [2.45, 2.75) is 19.9 Å². The molecule has 3 heteroatoms. The van der Waals surface area contributed by atoms with E-state index in [1.807, 2.05) is 18.2 Å². The summed E-state index contributed by atoms with van der Waals surface area (Å²) in [6.07, 6.45) is 0. The Bertz CT molecular complexity index is 492. The summed E-state index contributed by atoms with van der Waals surface area (Å²) < 4.78 is 0. The Morgan fingerprint density at radius 2 is 1.94 bits per heavy atom. The quantitative estimate of drug-likeness (QED) is 0.866. The van der Waals surface area contributed by atoms with Gasteiger partial charge in [0, 0.05) is 15.4 Å². The first-order chi connectivity index (χ1) is 8.20. The van der Waals surface area contributed by atoms with E-state index >= 15 is 0 Å². The Morgan fingerprint density at radius 3 is 2.53 bits per heavy atom. The highest BCUT2D eigenvalue weighted by Crippen LogP contribution is 2.27. The highest BCUT2D eigenvalue weighted by molar-refractivity contribution is 7.12. The van der Waals surface area contributed by atoms with Crippen molar-refractivity contribution in [2.75, 3.05) is 11.9 Å². The van der Waals surface area contributed by atoms with Gasteiger partial charge in [0.05, 0.1) is 12.6 Å². The Morgan fingerprint density at radius 1 is 1.18 bits per heavy atom. The molecule has 0 aliphatic rings. The van der Waals surface area contributed by atoms with Crippen molar-refractivity contribution in [1.82, 2.24) is 0 Å². The standard InChI is InChI=1S/C14H17NOS/c1-10-5-3-4-6-12(10)15-13(9-16)14-8-7-11(2)17-14/h3-8,13,15-16H,9H2,1-2H3. The molecule has 0 radical (unpaired) electrons. The second-order valence-electron chi connectivity index (χ2n) is 4.14. The van der Waals surface area contributed by atoms with Crippen LogP contribution in [0.2, 0.25) is 0 Å². The summed E-state index contributed by atoms with van der Waals surface area (Å²) in [6.45, 7) is 4.25. The van der Waals surface area contributed by atoms with E-state index < -0.39 is 0 Å². The van der Waals surface area contributed by atoms with Gasteiger partial charge in [-0.1, -0.05) is 18.2 Å². The number of aliphatic hydroxyl groups excluding tert-OH is 1. The molecule has 1 heterocycles. The van der Waals surface area contributed by atoms with Crippen molar-refractivity contribution in [3.63, 3.8) is 0 Å². The Balaban J connectivity index is 2.18. The van der Waals surface area contributed by atoms with Gasteiger partial charge in [-0.05, 0) is 37.6 Å². The van der Waals surface area contributed by atoms with Crippen LogP contribution >= 0.6 is 11.3 Å². The molecule has 1 atom stereocenters. The van der Waals surface area contributed by atoms with Gasteiger partial charge >= 0.3 is 0 Å². The number of para-hydroxylation sites is 1. The normalized spacial score (nSPS) is 12.4. The van der Waals surface area contributed by atoms with Gasteiger partial charge in [0.15, 0.2) is 0 Å². The molecule has 2 N–H and O–H groups in total. The van der Waals surface area contributed by atoms with Crippen LogP contribution in [0.5, 0.6) is 0 Å². The second kappa shape index (κ2) is 5.34. The molecule has 0 fully saturated rings. The molecule has 0 amide bonds. The lowest BCUT2D eigenvalue weighted by atomic mass is 10.1. The van der Waals surface area contributed by atoms with E-state index in [0.29, 0.717) is 0 Å². The van der Waals surface area contributed by atoms with Gasteiger partial charge in [-0.15, -0.1) is 11.3 Å². The summed E-state index contributed by atoms with van der Waals surface area (Å²) >= 11 is 1.72. The third-order valence-electron chi connectivity index (χ3n) is 2.76. The average Bonchev–Trinajstić information content (AvgIpc) is 2.75. The van der Waals surface area contributed by atoms with Crippen LogP contribution in [-0.4, -0.2) is 11.7 Å². The van der Waals surface area contributed by atoms with Crippen LogP contribution in [0.15, 0.2) is 36.4 Å². The SMILES string of the molecule is Cc1ccc(C(CO)Nc2ccccc2C)s1. The molecule has 2 nitrogen and oxygen atoms in total. The predicted molar refractivity (Wildman–Crippen MR) is 73.7 cm³/mol. The van der Waals surface area contributed by atoms with E-state index in [2.05, 4.69) is 37.4 Å². The van der Waals surface area contributed by atoms with Gasteiger partial charge in [0.1, 0.15) is 0 Å². The number of rotatable bonds is 4. The summed E-state index contributed by atoms with van der Waals surface area (Å²) in [5.74, 6) is 0. The number of hydrogen-bond donors (Lipinski definition) is 2. The maximum atomic E-state index is 9.49. The summed E-state index contributed by atoms with van der Waals surface area (Å²) in [4.78, 5) is 2.44. The van der Waals surface area contributed by atoms with Crippen LogP contribution < -0.4 is 5.32 Å². The largest absolute Gasteiger partial charge is 0.394 e. The zero-order chi connectivity index (χ0) is 12.3. The summed E-state index contributed by atoms with van der Waals surface area (Å²) in [5, 5.41) is 12.9. The Hall–Kier alpha value is -1.32. The van der Waals surface area contributed by atoms with Crippen LogP contribution in [0.1, 0.15) is 21.4 Å². The molecule has 1 aromatic heterocycles. The van der Waals surface area contributed by atoms with Crippen molar-refractivity contribution >= 4 is 17.0 Å². The number of nitrogens with one attached hydrogen (secondary N) is 1. The highest BCUT2D eigenvalue weighted by atomic mass is 32.1. The molecule has 2 rings (SSSR count). The van der Waals surface area contributed by atoms with E-state index in [0.717, 1.165) is 5.69 Å². The molecule has 2 aromatic rings. The molecule has 90 valence electrons. The van der Waals surface area contributed by atoms with E-state index in [4.69, 9.17) is 0 Å². The first kappa shape index (κ1) is 12.1. The zero-order valence-electron chi connectivity index (χ0n) is 10.1. The van der Waals surface area contributed by atoms with Gasteiger partial charge in [0.2, 0.25) is 0 Å². The predicted octanol–water partition coefficient (Wildman–Crippen LogP) is 3.51. The maximum Gasteiger partial charge on any atom is 0.0837 e. The van der Waals surface area contributed by atoms with Gasteiger partial charge in [-0.3, -0.25) is 0 Å². The van der Waals surface area contributed by atoms with Crippen molar-refractivity contribution < 1.29 is 5.11 Å². The number of benzene rings is 1. The molecule has 0 aliphatic carbocycles. The molecule has 0 aliphatic heterocycles.